The van der Waals surface area contributed by atoms with Gasteiger partial charge in [-0.25, -0.2) is 0 Å². The van der Waals surface area contributed by atoms with Crippen LogP contribution in [0.3, 0.4) is 0 Å². The molecule has 0 bridgehead atoms. The fourth-order valence-corrected chi connectivity index (χ4v) is 1.53. The molecule has 0 aromatic rings. The number of carbonyl (C=O) groups is 1. The van der Waals surface area contributed by atoms with E-state index in [0.29, 0.717) is 19.0 Å². The molecule has 0 aliphatic carbocycles. The first kappa shape index (κ1) is 15.4. The third-order valence-electron chi connectivity index (χ3n) is 2.43. The van der Waals surface area contributed by atoms with Gasteiger partial charge in [-0.3, -0.25) is 4.79 Å². The van der Waals surface area contributed by atoms with Gasteiger partial charge in [-0.1, -0.05) is 13.8 Å². The summed E-state index contributed by atoms with van der Waals surface area (Å²) in [5.74, 6) is 0.240. The predicted molar refractivity (Wildman–Crippen MR) is 64.1 cm³/mol. The summed E-state index contributed by atoms with van der Waals surface area (Å²) in [7, 11) is 1.39. The molecule has 16 heavy (non-hydrogen) atoms. The predicted octanol–water partition coefficient (Wildman–Crippen LogP) is 1.18. The fourth-order valence-electron chi connectivity index (χ4n) is 1.53. The van der Waals surface area contributed by atoms with Gasteiger partial charge in [-0.05, 0) is 26.2 Å². The highest BCUT2D eigenvalue weighted by Crippen LogP contribution is 2.15. The van der Waals surface area contributed by atoms with Crippen LogP contribution in [-0.4, -0.2) is 37.4 Å². The number of carbonyl (C=O) groups excluding carboxylic acids is 1. The number of esters is 1. The molecule has 0 spiro atoms. The highest BCUT2D eigenvalue weighted by atomic mass is 16.5. The van der Waals surface area contributed by atoms with Crippen LogP contribution in [0, 0.1) is 11.3 Å². The number of nitrogens with one attached hydrogen (secondary N) is 1. The van der Waals surface area contributed by atoms with Crippen molar-refractivity contribution in [3.63, 3.8) is 0 Å². The Balaban J connectivity index is 3.84. The van der Waals surface area contributed by atoms with Crippen molar-refractivity contribution in [2.75, 3.05) is 20.2 Å². The molecule has 0 fully saturated rings. The lowest BCUT2D eigenvalue weighted by molar-refractivity contribution is -0.150. The number of hydrogen-bond donors (Lipinski definition) is 2. The maximum atomic E-state index is 11.4. The van der Waals surface area contributed by atoms with Crippen LogP contribution in [0.25, 0.3) is 0 Å². The Kier molecular flexibility index (Phi) is 6.60. The minimum atomic E-state index is -0.549. The molecule has 1 atom stereocenters. The van der Waals surface area contributed by atoms with Crippen molar-refractivity contribution in [1.82, 2.24) is 5.32 Å². The number of ether oxygens (including phenoxy) is 1. The second-order valence-corrected chi connectivity index (χ2v) is 5.29. The average molecular weight is 231 g/mol. The summed E-state index contributed by atoms with van der Waals surface area (Å²) >= 11 is 0. The van der Waals surface area contributed by atoms with E-state index in [1.54, 1.807) is 0 Å². The minimum Gasteiger partial charge on any atom is -0.469 e. The van der Waals surface area contributed by atoms with Gasteiger partial charge in [-0.2, -0.15) is 0 Å². The van der Waals surface area contributed by atoms with Crippen molar-refractivity contribution >= 4 is 5.97 Å². The topological polar surface area (TPSA) is 58.6 Å². The molecular weight excluding hydrogens is 206 g/mol. The molecule has 0 aromatic heterocycles. The van der Waals surface area contributed by atoms with Gasteiger partial charge in [0.15, 0.2) is 0 Å². The molecule has 4 nitrogen and oxygen atoms in total. The van der Waals surface area contributed by atoms with Crippen molar-refractivity contribution < 1.29 is 14.6 Å². The Hall–Kier alpha value is -0.610. The fraction of sp³-hybridized carbons (Fsp3) is 0.917. The summed E-state index contributed by atoms with van der Waals surface area (Å²) in [5, 5.41) is 12.7. The summed E-state index contributed by atoms with van der Waals surface area (Å²) < 4.78 is 4.70. The lowest BCUT2D eigenvalue weighted by Gasteiger charge is -2.23. The molecular formula is C12H25NO3. The first-order valence-electron chi connectivity index (χ1n) is 5.76. The zero-order valence-electron chi connectivity index (χ0n) is 11.0. The van der Waals surface area contributed by atoms with E-state index in [1.165, 1.54) is 7.11 Å². The summed E-state index contributed by atoms with van der Waals surface area (Å²) in [5.41, 5.74) is -0.549. The first-order valence-corrected chi connectivity index (χ1v) is 5.76. The van der Waals surface area contributed by atoms with Gasteiger partial charge in [0, 0.05) is 13.1 Å². The van der Waals surface area contributed by atoms with Crippen molar-refractivity contribution in [3.8, 4) is 0 Å². The highest BCUT2D eigenvalue weighted by Gasteiger charge is 2.28. The van der Waals surface area contributed by atoms with E-state index in [9.17, 15) is 9.90 Å². The normalized spacial score (nSPS) is 13.9. The van der Waals surface area contributed by atoms with E-state index >= 15 is 0 Å². The standard InChI is InChI=1S/C12H25NO3/c1-9(2)6-10(14)7-13-8-12(3,4)11(15)16-5/h9-10,13-14H,6-8H2,1-5H3. The van der Waals surface area contributed by atoms with E-state index in [1.807, 2.05) is 13.8 Å². The van der Waals surface area contributed by atoms with E-state index in [-0.39, 0.29) is 12.1 Å². The Morgan fingerprint density at radius 2 is 2.00 bits per heavy atom. The highest BCUT2D eigenvalue weighted by molar-refractivity contribution is 5.76. The van der Waals surface area contributed by atoms with Gasteiger partial charge in [-0.15, -0.1) is 0 Å². The second kappa shape index (κ2) is 6.86. The Morgan fingerprint density at radius 3 is 2.44 bits per heavy atom. The number of rotatable bonds is 7. The Labute approximate surface area is 98.4 Å². The lowest BCUT2D eigenvalue weighted by atomic mass is 9.93. The van der Waals surface area contributed by atoms with Crippen LogP contribution in [0.1, 0.15) is 34.1 Å². The second-order valence-electron chi connectivity index (χ2n) is 5.29. The third kappa shape index (κ3) is 6.08. The van der Waals surface area contributed by atoms with Crippen molar-refractivity contribution in [2.45, 2.75) is 40.2 Å². The van der Waals surface area contributed by atoms with Crippen LogP contribution in [0.15, 0.2) is 0 Å². The molecule has 1 unspecified atom stereocenters. The smallest absolute Gasteiger partial charge is 0.312 e. The van der Waals surface area contributed by atoms with E-state index in [2.05, 4.69) is 19.2 Å². The van der Waals surface area contributed by atoms with Crippen LogP contribution < -0.4 is 5.32 Å². The Morgan fingerprint density at radius 1 is 1.44 bits per heavy atom. The first-order chi connectivity index (χ1) is 7.29. The summed E-state index contributed by atoms with van der Waals surface area (Å²) in [6.45, 7) is 8.80. The number of methoxy groups -OCH3 is 1. The van der Waals surface area contributed by atoms with Crippen molar-refractivity contribution in [2.24, 2.45) is 11.3 Å². The average Bonchev–Trinajstić information content (AvgIpc) is 2.14. The van der Waals surface area contributed by atoms with Gasteiger partial charge >= 0.3 is 5.97 Å². The Bertz CT molecular complexity index is 214. The molecule has 0 rings (SSSR count). The molecule has 0 heterocycles. The van der Waals surface area contributed by atoms with Crippen molar-refractivity contribution in [3.05, 3.63) is 0 Å². The maximum Gasteiger partial charge on any atom is 0.312 e. The minimum absolute atomic E-state index is 0.238. The monoisotopic (exact) mass is 231 g/mol. The van der Waals surface area contributed by atoms with Gasteiger partial charge in [0.25, 0.3) is 0 Å². The molecule has 0 amide bonds. The SMILES string of the molecule is COC(=O)C(C)(C)CNCC(O)CC(C)C. The zero-order chi connectivity index (χ0) is 12.8. The van der Waals surface area contributed by atoms with Crippen LogP contribution in [0.4, 0.5) is 0 Å². The molecule has 0 saturated heterocycles. The molecule has 96 valence electrons. The quantitative estimate of drug-likeness (QED) is 0.646. The molecule has 0 aliphatic heterocycles. The summed E-state index contributed by atoms with van der Waals surface area (Å²) in [4.78, 5) is 11.4. The van der Waals surface area contributed by atoms with E-state index in [4.69, 9.17) is 4.74 Å². The van der Waals surface area contributed by atoms with Gasteiger partial charge in [0.1, 0.15) is 0 Å². The summed E-state index contributed by atoms with van der Waals surface area (Å²) in [6.07, 6.45) is 0.416. The molecule has 0 aliphatic rings. The van der Waals surface area contributed by atoms with Crippen LogP contribution in [-0.2, 0) is 9.53 Å². The van der Waals surface area contributed by atoms with E-state index < -0.39 is 5.41 Å². The molecule has 2 N–H and O–H groups in total. The zero-order valence-corrected chi connectivity index (χ0v) is 11.0. The molecule has 0 saturated carbocycles. The van der Waals surface area contributed by atoms with Crippen LogP contribution in [0.5, 0.6) is 0 Å². The van der Waals surface area contributed by atoms with Gasteiger partial charge in [0.05, 0.1) is 18.6 Å². The van der Waals surface area contributed by atoms with Gasteiger partial charge in [0.2, 0.25) is 0 Å². The maximum absolute atomic E-state index is 11.4. The number of aliphatic hydroxyl groups excluding tert-OH is 1. The van der Waals surface area contributed by atoms with Gasteiger partial charge < -0.3 is 15.2 Å². The molecule has 0 aromatic carbocycles. The summed E-state index contributed by atoms with van der Waals surface area (Å²) in [6, 6.07) is 0. The lowest BCUT2D eigenvalue weighted by Crippen LogP contribution is -2.40. The molecule has 4 heteroatoms. The third-order valence-corrected chi connectivity index (χ3v) is 2.43. The number of aliphatic hydroxyl groups is 1. The van der Waals surface area contributed by atoms with E-state index in [0.717, 1.165) is 6.42 Å². The molecule has 0 radical (unpaired) electrons. The largest absolute Gasteiger partial charge is 0.469 e. The van der Waals surface area contributed by atoms with Crippen LogP contribution >= 0.6 is 0 Å². The van der Waals surface area contributed by atoms with Crippen LogP contribution in [0.2, 0.25) is 0 Å². The number of hydrogen-bond acceptors (Lipinski definition) is 4. The van der Waals surface area contributed by atoms with Crippen molar-refractivity contribution in [1.29, 1.82) is 0 Å².